The van der Waals surface area contributed by atoms with Gasteiger partial charge in [-0.2, -0.15) is 11.8 Å². The minimum Gasteiger partial charge on any atom is -0.357 e. The fourth-order valence-corrected chi connectivity index (χ4v) is 4.18. The number of nitrogens with one attached hydrogen (secondary N) is 2. The third kappa shape index (κ3) is 5.99. The Bertz CT molecular complexity index is 340. The summed E-state index contributed by atoms with van der Waals surface area (Å²) >= 11 is 2.01. The number of rotatable bonds is 6. The molecule has 0 aromatic heterocycles. The van der Waals surface area contributed by atoms with E-state index in [0.29, 0.717) is 6.04 Å². The van der Waals surface area contributed by atoms with Crippen LogP contribution in [0.2, 0.25) is 0 Å². The summed E-state index contributed by atoms with van der Waals surface area (Å²) in [5.74, 6) is 1.92. The molecule has 1 aliphatic carbocycles. The fraction of sp³-hybridized carbons (Fsp3) is 0.941. The van der Waals surface area contributed by atoms with Crippen molar-refractivity contribution >= 4 is 17.7 Å². The summed E-state index contributed by atoms with van der Waals surface area (Å²) < 4.78 is 0. The topological polar surface area (TPSA) is 39.7 Å². The molecule has 2 unspecified atom stereocenters. The second-order valence-corrected chi connectivity index (χ2v) is 7.93. The molecular weight excluding hydrogens is 292 g/mol. The number of nitrogens with zero attached hydrogens (tertiary/aromatic N) is 2. The van der Waals surface area contributed by atoms with Gasteiger partial charge < -0.3 is 15.5 Å². The number of guanidine groups is 1. The van der Waals surface area contributed by atoms with Crippen LogP contribution in [0.5, 0.6) is 0 Å². The molecule has 2 aliphatic rings. The van der Waals surface area contributed by atoms with Crippen LogP contribution >= 0.6 is 11.8 Å². The van der Waals surface area contributed by atoms with Crippen molar-refractivity contribution < 1.29 is 0 Å². The monoisotopic (exact) mass is 326 g/mol. The highest BCUT2D eigenvalue weighted by Crippen LogP contribution is 2.28. The molecule has 22 heavy (non-hydrogen) atoms. The summed E-state index contributed by atoms with van der Waals surface area (Å²) in [6.07, 6.45) is 8.81. The van der Waals surface area contributed by atoms with Crippen molar-refractivity contribution in [2.75, 3.05) is 39.0 Å². The van der Waals surface area contributed by atoms with E-state index in [1.54, 1.807) is 0 Å². The first kappa shape index (κ1) is 17.9. The lowest BCUT2D eigenvalue weighted by atomic mass is 9.99. The fourth-order valence-electron chi connectivity index (χ4n) is 3.39. The molecule has 0 aromatic carbocycles. The van der Waals surface area contributed by atoms with Crippen LogP contribution in [0.15, 0.2) is 4.99 Å². The molecule has 0 radical (unpaired) electrons. The second-order valence-electron chi connectivity index (χ2n) is 6.80. The van der Waals surface area contributed by atoms with Crippen molar-refractivity contribution in [1.82, 2.24) is 15.5 Å². The van der Waals surface area contributed by atoms with Crippen LogP contribution in [0.1, 0.15) is 46.0 Å². The zero-order valence-electron chi connectivity index (χ0n) is 14.6. The summed E-state index contributed by atoms with van der Waals surface area (Å²) in [5.41, 5.74) is 0. The van der Waals surface area contributed by atoms with E-state index in [0.717, 1.165) is 36.8 Å². The molecule has 0 amide bonds. The Morgan fingerprint density at radius 3 is 2.64 bits per heavy atom. The maximum absolute atomic E-state index is 4.79. The van der Waals surface area contributed by atoms with E-state index in [1.807, 2.05) is 11.8 Å². The molecule has 128 valence electrons. The van der Waals surface area contributed by atoms with E-state index in [9.17, 15) is 0 Å². The second kappa shape index (κ2) is 9.66. The Hall–Kier alpha value is -0.420. The first-order valence-corrected chi connectivity index (χ1v) is 10.3. The Morgan fingerprint density at radius 1 is 1.23 bits per heavy atom. The maximum atomic E-state index is 4.79. The summed E-state index contributed by atoms with van der Waals surface area (Å²) in [4.78, 5) is 7.35. The Labute approximate surface area is 140 Å². The quantitative estimate of drug-likeness (QED) is 0.581. The molecular formula is C17H34N4S. The number of aliphatic imine (C=N–C) groups is 1. The largest absolute Gasteiger partial charge is 0.357 e. The number of piperidine rings is 1. The predicted octanol–water partition coefficient (Wildman–Crippen LogP) is 2.56. The summed E-state index contributed by atoms with van der Waals surface area (Å²) in [5, 5.41) is 7.86. The molecule has 2 atom stereocenters. The molecule has 2 fully saturated rings. The van der Waals surface area contributed by atoms with Crippen LogP contribution in [0.3, 0.4) is 0 Å². The number of hydrogen-bond donors (Lipinski definition) is 2. The van der Waals surface area contributed by atoms with Crippen molar-refractivity contribution in [3.8, 4) is 0 Å². The smallest absolute Gasteiger partial charge is 0.191 e. The molecule has 1 heterocycles. The highest BCUT2D eigenvalue weighted by atomic mass is 32.2. The first-order valence-electron chi connectivity index (χ1n) is 9.01. The van der Waals surface area contributed by atoms with Gasteiger partial charge in [-0.05, 0) is 64.3 Å². The standard InChI is InChI=1S/C17H34N4S/c1-4-18-17(20-15-5-6-16(13-15)22-3)19-9-12-21-10-7-14(2)8-11-21/h14-16H,4-13H2,1-3H3,(H2,18,19,20). The Balaban J connectivity index is 1.72. The van der Waals surface area contributed by atoms with Crippen molar-refractivity contribution in [3.05, 3.63) is 0 Å². The van der Waals surface area contributed by atoms with Gasteiger partial charge in [-0.3, -0.25) is 4.99 Å². The minimum absolute atomic E-state index is 0.603. The molecule has 4 nitrogen and oxygen atoms in total. The SMILES string of the molecule is CCNC(=NCCN1CCC(C)CC1)NC1CCC(SC)C1. The van der Waals surface area contributed by atoms with Gasteiger partial charge in [0, 0.05) is 24.4 Å². The summed E-state index contributed by atoms with van der Waals surface area (Å²) in [6, 6.07) is 0.603. The minimum atomic E-state index is 0.603. The first-order chi connectivity index (χ1) is 10.7. The van der Waals surface area contributed by atoms with Crippen LogP contribution in [-0.4, -0.2) is 61.1 Å². The van der Waals surface area contributed by atoms with E-state index >= 15 is 0 Å². The van der Waals surface area contributed by atoms with Crippen molar-refractivity contribution in [2.45, 2.75) is 57.2 Å². The molecule has 0 spiro atoms. The van der Waals surface area contributed by atoms with Crippen LogP contribution in [0, 0.1) is 5.92 Å². The molecule has 1 saturated carbocycles. The molecule has 0 aromatic rings. The molecule has 5 heteroatoms. The summed E-state index contributed by atoms with van der Waals surface area (Å²) in [7, 11) is 0. The normalized spacial score (nSPS) is 28.0. The van der Waals surface area contributed by atoms with Crippen LogP contribution < -0.4 is 10.6 Å². The van der Waals surface area contributed by atoms with Gasteiger partial charge in [-0.1, -0.05) is 6.92 Å². The van der Waals surface area contributed by atoms with Gasteiger partial charge >= 0.3 is 0 Å². The van der Waals surface area contributed by atoms with E-state index in [1.165, 1.54) is 45.2 Å². The van der Waals surface area contributed by atoms with Gasteiger partial charge in [0.25, 0.3) is 0 Å². The number of hydrogen-bond acceptors (Lipinski definition) is 3. The average Bonchev–Trinajstić information content (AvgIpc) is 2.97. The van der Waals surface area contributed by atoms with Gasteiger partial charge in [-0.15, -0.1) is 0 Å². The van der Waals surface area contributed by atoms with Crippen LogP contribution in [-0.2, 0) is 0 Å². The van der Waals surface area contributed by atoms with Gasteiger partial charge in [0.1, 0.15) is 0 Å². The Kier molecular flexibility index (Phi) is 7.87. The van der Waals surface area contributed by atoms with Gasteiger partial charge in [-0.25, -0.2) is 0 Å². The Morgan fingerprint density at radius 2 is 2.00 bits per heavy atom. The highest BCUT2D eigenvalue weighted by Gasteiger charge is 2.24. The lowest BCUT2D eigenvalue weighted by molar-refractivity contribution is 0.197. The zero-order chi connectivity index (χ0) is 15.8. The van der Waals surface area contributed by atoms with Crippen LogP contribution in [0.4, 0.5) is 0 Å². The maximum Gasteiger partial charge on any atom is 0.191 e. The van der Waals surface area contributed by atoms with E-state index < -0.39 is 0 Å². The molecule has 1 aliphatic heterocycles. The number of likely N-dealkylation sites (tertiary alicyclic amines) is 1. The lowest BCUT2D eigenvalue weighted by Crippen LogP contribution is -2.43. The summed E-state index contributed by atoms with van der Waals surface area (Å²) in [6.45, 7) is 9.95. The van der Waals surface area contributed by atoms with Crippen LogP contribution in [0.25, 0.3) is 0 Å². The zero-order valence-corrected chi connectivity index (χ0v) is 15.4. The average molecular weight is 327 g/mol. The predicted molar refractivity (Wildman–Crippen MR) is 98.9 cm³/mol. The van der Waals surface area contributed by atoms with E-state index in [-0.39, 0.29) is 0 Å². The van der Waals surface area contributed by atoms with Crippen molar-refractivity contribution in [3.63, 3.8) is 0 Å². The third-order valence-electron chi connectivity index (χ3n) is 4.97. The molecule has 2 rings (SSSR count). The van der Waals surface area contributed by atoms with E-state index in [2.05, 4.69) is 35.6 Å². The third-order valence-corrected chi connectivity index (χ3v) is 6.06. The number of thioether (sulfide) groups is 1. The highest BCUT2D eigenvalue weighted by molar-refractivity contribution is 7.99. The van der Waals surface area contributed by atoms with Crippen molar-refractivity contribution in [2.24, 2.45) is 10.9 Å². The van der Waals surface area contributed by atoms with Gasteiger partial charge in [0.15, 0.2) is 5.96 Å². The van der Waals surface area contributed by atoms with Gasteiger partial charge in [0.2, 0.25) is 0 Å². The van der Waals surface area contributed by atoms with E-state index in [4.69, 9.17) is 4.99 Å². The molecule has 2 N–H and O–H groups in total. The molecule has 0 bridgehead atoms. The molecule has 1 saturated heterocycles. The van der Waals surface area contributed by atoms with Gasteiger partial charge in [0.05, 0.1) is 6.54 Å². The lowest BCUT2D eigenvalue weighted by Gasteiger charge is -2.29. The van der Waals surface area contributed by atoms with Crippen molar-refractivity contribution in [1.29, 1.82) is 0 Å².